The Morgan fingerprint density at radius 3 is 2.07 bits per heavy atom. The first kappa shape index (κ1) is 28.9. The summed E-state index contributed by atoms with van der Waals surface area (Å²) in [5.74, 6) is 0.584. The number of nitrogens with one attached hydrogen (secondary N) is 4. The molecule has 0 radical (unpaired) electrons. The Balaban J connectivity index is 0. The molecule has 28 heavy (non-hydrogen) atoms. The fraction of sp³-hybridized carbons (Fsp3) is 0.842. The largest absolute Gasteiger partial charge is 0.444 e. The third-order valence-electron chi connectivity index (χ3n) is 4.03. The second kappa shape index (κ2) is 13.8. The standard InChI is InChI=1S/C19H39N5O3.HI/c1-9-19(10-2,24-17(26)27-18(5,6)7)13-22-16(20-8)21-12-11-15(25)23-14(3)4;/h14H,9-13H2,1-8H3,(H,23,25)(H,24,26)(H2,20,21,22);1H. The van der Waals surface area contributed by atoms with Crippen molar-refractivity contribution >= 4 is 41.9 Å². The molecule has 0 unspecified atom stereocenters. The van der Waals surface area contributed by atoms with Gasteiger partial charge in [-0.25, -0.2) is 4.79 Å². The Morgan fingerprint density at radius 2 is 1.64 bits per heavy atom. The third-order valence-corrected chi connectivity index (χ3v) is 4.03. The number of rotatable bonds is 9. The van der Waals surface area contributed by atoms with Crippen LogP contribution in [0, 0.1) is 0 Å². The Morgan fingerprint density at radius 1 is 1.07 bits per heavy atom. The molecule has 0 aliphatic heterocycles. The summed E-state index contributed by atoms with van der Waals surface area (Å²) in [7, 11) is 1.67. The number of hydrogen-bond donors (Lipinski definition) is 4. The monoisotopic (exact) mass is 513 g/mol. The Kier molecular flexibility index (Phi) is 14.3. The van der Waals surface area contributed by atoms with E-state index in [1.807, 2.05) is 48.5 Å². The molecule has 0 fully saturated rings. The minimum absolute atomic E-state index is 0. The number of hydrogen-bond acceptors (Lipinski definition) is 4. The van der Waals surface area contributed by atoms with E-state index in [1.54, 1.807) is 7.05 Å². The molecule has 0 atom stereocenters. The van der Waals surface area contributed by atoms with Crippen LogP contribution in [0.3, 0.4) is 0 Å². The second-order valence-electron chi connectivity index (χ2n) is 7.94. The van der Waals surface area contributed by atoms with E-state index in [9.17, 15) is 9.59 Å². The average Bonchev–Trinajstić information content (AvgIpc) is 2.54. The number of nitrogens with zero attached hydrogens (tertiary/aromatic N) is 1. The van der Waals surface area contributed by atoms with Gasteiger partial charge in [-0.1, -0.05) is 13.8 Å². The number of alkyl carbamates (subject to hydrolysis) is 1. The van der Waals surface area contributed by atoms with Gasteiger partial charge in [-0.3, -0.25) is 9.79 Å². The number of halogens is 1. The van der Waals surface area contributed by atoms with Crippen molar-refractivity contribution in [3.63, 3.8) is 0 Å². The van der Waals surface area contributed by atoms with Crippen LogP contribution in [-0.4, -0.2) is 55.3 Å². The summed E-state index contributed by atoms with van der Waals surface area (Å²) >= 11 is 0. The number of carbonyl (C=O) groups is 2. The van der Waals surface area contributed by atoms with Gasteiger partial charge in [0.25, 0.3) is 0 Å². The SMILES string of the molecule is CCC(CC)(CNC(=NC)NCCC(=O)NC(C)C)NC(=O)OC(C)(C)C.I. The van der Waals surface area contributed by atoms with E-state index >= 15 is 0 Å². The number of carbonyl (C=O) groups excluding carboxylic acids is 2. The van der Waals surface area contributed by atoms with Crippen LogP contribution in [0.4, 0.5) is 4.79 Å². The molecule has 2 amide bonds. The molecular weight excluding hydrogens is 473 g/mol. The highest BCUT2D eigenvalue weighted by molar-refractivity contribution is 14.0. The molecule has 0 aromatic carbocycles. The van der Waals surface area contributed by atoms with Gasteiger partial charge in [0.2, 0.25) is 5.91 Å². The molecule has 0 aromatic heterocycles. The van der Waals surface area contributed by atoms with E-state index in [0.29, 0.717) is 25.5 Å². The molecule has 0 saturated carbocycles. The Hall–Kier alpha value is -1.26. The highest BCUT2D eigenvalue weighted by atomic mass is 127. The number of amides is 2. The molecule has 9 heteroatoms. The Bertz CT molecular complexity index is 500. The maximum atomic E-state index is 12.2. The second-order valence-corrected chi connectivity index (χ2v) is 7.94. The third kappa shape index (κ3) is 13.0. The molecule has 0 aliphatic carbocycles. The topological polar surface area (TPSA) is 104 Å². The predicted octanol–water partition coefficient (Wildman–Crippen LogP) is 2.77. The van der Waals surface area contributed by atoms with E-state index in [-0.39, 0.29) is 35.9 Å². The van der Waals surface area contributed by atoms with Gasteiger partial charge >= 0.3 is 6.09 Å². The molecule has 4 N–H and O–H groups in total. The van der Waals surface area contributed by atoms with Crippen LogP contribution in [0.15, 0.2) is 4.99 Å². The fourth-order valence-corrected chi connectivity index (χ4v) is 2.40. The maximum absolute atomic E-state index is 12.2. The fourth-order valence-electron chi connectivity index (χ4n) is 2.40. The Labute approximate surface area is 187 Å². The van der Waals surface area contributed by atoms with Crippen molar-refractivity contribution in [2.45, 2.75) is 84.9 Å². The molecule has 0 aromatic rings. The molecule has 0 bridgehead atoms. The predicted molar refractivity (Wildman–Crippen MR) is 125 cm³/mol. The van der Waals surface area contributed by atoms with E-state index in [1.165, 1.54) is 0 Å². The first-order valence-electron chi connectivity index (χ1n) is 9.72. The highest BCUT2D eigenvalue weighted by Gasteiger charge is 2.30. The van der Waals surface area contributed by atoms with Gasteiger partial charge in [-0.2, -0.15) is 0 Å². The zero-order valence-corrected chi connectivity index (χ0v) is 21.0. The summed E-state index contributed by atoms with van der Waals surface area (Å²) in [5, 5.41) is 12.2. The molecule has 0 saturated heterocycles. The molecule has 0 heterocycles. The van der Waals surface area contributed by atoms with Crippen LogP contribution in [0.25, 0.3) is 0 Å². The van der Waals surface area contributed by atoms with Crippen LogP contribution in [0.5, 0.6) is 0 Å². The van der Waals surface area contributed by atoms with Crippen molar-refractivity contribution in [3.05, 3.63) is 0 Å². The number of ether oxygens (including phenoxy) is 1. The van der Waals surface area contributed by atoms with Crippen LogP contribution < -0.4 is 21.3 Å². The molecule has 0 spiro atoms. The van der Waals surface area contributed by atoms with Gasteiger partial charge in [0, 0.05) is 32.6 Å². The quantitative estimate of drug-likeness (QED) is 0.216. The van der Waals surface area contributed by atoms with Crippen LogP contribution >= 0.6 is 24.0 Å². The lowest BCUT2D eigenvalue weighted by molar-refractivity contribution is -0.121. The molecule has 0 rings (SSSR count). The van der Waals surface area contributed by atoms with Crippen molar-refractivity contribution in [2.24, 2.45) is 4.99 Å². The van der Waals surface area contributed by atoms with Crippen molar-refractivity contribution in [1.29, 1.82) is 0 Å². The zero-order valence-electron chi connectivity index (χ0n) is 18.7. The minimum Gasteiger partial charge on any atom is -0.444 e. The van der Waals surface area contributed by atoms with Gasteiger partial charge in [-0.05, 0) is 47.5 Å². The smallest absolute Gasteiger partial charge is 0.408 e. The first-order valence-corrected chi connectivity index (χ1v) is 9.72. The van der Waals surface area contributed by atoms with Crippen LogP contribution in [0.2, 0.25) is 0 Å². The lowest BCUT2D eigenvalue weighted by atomic mass is 9.93. The molecule has 8 nitrogen and oxygen atoms in total. The van der Waals surface area contributed by atoms with E-state index < -0.39 is 17.2 Å². The van der Waals surface area contributed by atoms with E-state index in [2.05, 4.69) is 26.3 Å². The van der Waals surface area contributed by atoms with Crippen LogP contribution in [-0.2, 0) is 9.53 Å². The van der Waals surface area contributed by atoms with Gasteiger partial charge in [0.1, 0.15) is 5.60 Å². The summed E-state index contributed by atoms with van der Waals surface area (Å²) in [6, 6.07) is 0.128. The molecule has 0 aliphatic rings. The van der Waals surface area contributed by atoms with Crippen molar-refractivity contribution < 1.29 is 14.3 Å². The van der Waals surface area contributed by atoms with Gasteiger partial charge in [0.05, 0.1) is 5.54 Å². The molecular formula is C19H40IN5O3. The number of guanidine groups is 1. The lowest BCUT2D eigenvalue weighted by Crippen LogP contribution is -2.57. The normalized spacial score (nSPS) is 12.1. The average molecular weight is 513 g/mol. The van der Waals surface area contributed by atoms with Gasteiger partial charge in [-0.15, -0.1) is 24.0 Å². The number of aliphatic imine (C=N–C) groups is 1. The zero-order chi connectivity index (χ0) is 21.1. The molecule has 166 valence electrons. The lowest BCUT2D eigenvalue weighted by Gasteiger charge is -2.34. The van der Waals surface area contributed by atoms with Crippen molar-refractivity contribution in [3.8, 4) is 0 Å². The summed E-state index contributed by atoms with van der Waals surface area (Å²) < 4.78 is 5.38. The van der Waals surface area contributed by atoms with Gasteiger partial charge in [0.15, 0.2) is 5.96 Å². The van der Waals surface area contributed by atoms with E-state index in [0.717, 1.165) is 12.8 Å². The maximum Gasteiger partial charge on any atom is 0.408 e. The first-order chi connectivity index (χ1) is 12.5. The summed E-state index contributed by atoms with van der Waals surface area (Å²) in [5.41, 5.74) is -0.992. The van der Waals surface area contributed by atoms with E-state index in [4.69, 9.17) is 4.74 Å². The van der Waals surface area contributed by atoms with Gasteiger partial charge < -0.3 is 26.0 Å². The summed E-state index contributed by atoms with van der Waals surface area (Å²) in [4.78, 5) is 28.1. The summed E-state index contributed by atoms with van der Waals surface area (Å²) in [6.45, 7) is 14.4. The minimum atomic E-state index is -0.543. The highest BCUT2D eigenvalue weighted by Crippen LogP contribution is 2.16. The van der Waals surface area contributed by atoms with Crippen LogP contribution in [0.1, 0.15) is 67.7 Å². The van der Waals surface area contributed by atoms with Crippen molar-refractivity contribution in [1.82, 2.24) is 21.3 Å². The van der Waals surface area contributed by atoms with Crippen molar-refractivity contribution in [2.75, 3.05) is 20.1 Å². The summed E-state index contributed by atoms with van der Waals surface area (Å²) in [6.07, 6.45) is 1.41.